The van der Waals surface area contributed by atoms with Crippen molar-refractivity contribution in [3.63, 3.8) is 0 Å². The summed E-state index contributed by atoms with van der Waals surface area (Å²) in [4.78, 5) is 11.6. The minimum Gasteiger partial charge on any atom is -0.493 e. The predicted molar refractivity (Wildman–Crippen MR) is 68.5 cm³/mol. The lowest BCUT2D eigenvalue weighted by Gasteiger charge is -2.28. The van der Waals surface area contributed by atoms with Crippen molar-refractivity contribution in [1.82, 2.24) is 5.32 Å². The van der Waals surface area contributed by atoms with E-state index < -0.39 is 0 Å². The summed E-state index contributed by atoms with van der Waals surface area (Å²) < 4.78 is 10.6. The van der Waals surface area contributed by atoms with Crippen molar-refractivity contribution in [1.29, 1.82) is 0 Å². The molecule has 0 aromatic heterocycles. The van der Waals surface area contributed by atoms with Crippen molar-refractivity contribution in [2.24, 2.45) is 0 Å². The lowest BCUT2D eigenvalue weighted by molar-refractivity contribution is -0.145. The minimum absolute atomic E-state index is 0.148. The van der Waals surface area contributed by atoms with Crippen LogP contribution >= 0.6 is 0 Å². The van der Waals surface area contributed by atoms with Crippen molar-refractivity contribution in [3.05, 3.63) is 29.8 Å². The van der Waals surface area contributed by atoms with Crippen LogP contribution in [0.3, 0.4) is 0 Å². The first kappa shape index (κ1) is 12.9. The van der Waals surface area contributed by atoms with E-state index in [-0.39, 0.29) is 18.1 Å². The van der Waals surface area contributed by atoms with Crippen LogP contribution in [0.15, 0.2) is 24.3 Å². The summed E-state index contributed by atoms with van der Waals surface area (Å²) in [5.41, 5.74) is 1.11. The first-order valence-corrected chi connectivity index (χ1v) is 6.36. The van der Waals surface area contributed by atoms with Gasteiger partial charge in [-0.25, -0.2) is 0 Å². The minimum atomic E-state index is -0.305. The van der Waals surface area contributed by atoms with Crippen LogP contribution in [-0.2, 0) is 9.53 Å². The Kier molecular flexibility index (Phi) is 4.20. The molecular weight excluding hydrogens is 230 g/mol. The van der Waals surface area contributed by atoms with Crippen LogP contribution in [0.1, 0.15) is 31.9 Å². The van der Waals surface area contributed by atoms with Gasteiger partial charge in [-0.1, -0.05) is 18.2 Å². The van der Waals surface area contributed by atoms with Crippen LogP contribution in [0.4, 0.5) is 0 Å². The van der Waals surface area contributed by atoms with Crippen LogP contribution in [0.5, 0.6) is 5.75 Å². The number of nitrogens with one attached hydrogen (secondary N) is 1. The Balaban J connectivity index is 2.05. The molecule has 1 N–H and O–H groups in total. The molecule has 1 aromatic carbocycles. The number of carbonyl (C=O) groups excluding carboxylic acids is 1. The number of hydrogen-bond acceptors (Lipinski definition) is 4. The fraction of sp³-hybridized carbons (Fsp3) is 0.500. The molecule has 0 amide bonds. The average molecular weight is 249 g/mol. The van der Waals surface area contributed by atoms with Crippen molar-refractivity contribution >= 4 is 5.97 Å². The maximum atomic E-state index is 11.6. The van der Waals surface area contributed by atoms with Crippen LogP contribution in [0.2, 0.25) is 0 Å². The van der Waals surface area contributed by atoms with Gasteiger partial charge in [-0.05, 0) is 19.9 Å². The van der Waals surface area contributed by atoms with Gasteiger partial charge in [-0.3, -0.25) is 10.1 Å². The second-order valence-electron chi connectivity index (χ2n) is 4.37. The maximum Gasteiger partial charge on any atom is 0.322 e. The molecule has 0 saturated heterocycles. The molecule has 1 heterocycles. The number of para-hydroxylation sites is 1. The Labute approximate surface area is 107 Å². The molecule has 1 aliphatic rings. The predicted octanol–water partition coefficient (Wildman–Crippen LogP) is 2.05. The molecule has 0 radical (unpaired) electrons. The molecule has 0 fully saturated rings. The third-order valence-electron chi connectivity index (χ3n) is 3.05. The summed E-state index contributed by atoms with van der Waals surface area (Å²) in [6.07, 6.45) is 0.862. The van der Waals surface area contributed by atoms with Gasteiger partial charge >= 0.3 is 5.97 Å². The molecule has 18 heavy (non-hydrogen) atoms. The second-order valence-corrected chi connectivity index (χ2v) is 4.37. The topological polar surface area (TPSA) is 47.6 Å². The summed E-state index contributed by atoms with van der Waals surface area (Å²) in [5.74, 6) is 0.693. The highest BCUT2D eigenvalue weighted by Crippen LogP contribution is 2.31. The zero-order valence-electron chi connectivity index (χ0n) is 10.8. The second kappa shape index (κ2) is 5.87. The van der Waals surface area contributed by atoms with E-state index in [1.165, 1.54) is 0 Å². The molecule has 98 valence electrons. The lowest BCUT2D eigenvalue weighted by Crippen LogP contribution is -2.39. The summed E-state index contributed by atoms with van der Waals surface area (Å²) in [6, 6.07) is 7.77. The fourth-order valence-electron chi connectivity index (χ4n) is 2.15. The molecule has 0 aliphatic carbocycles. The number of fused-ring (bicyclic) bond motifs is 1. The van der Waals surface area contributed by atoms with Gasteiger partial charge in [0.15, 0.2) is 0 Å². The Morgan fingerprint density at radius 2 is 2.33 bits per heavy atom. The number of hydrogen-bond donors (Lipinski definition) is 1. The van der Waals surface area contributed by atoms with Crippen LogP contribution in [-0.4, -0.2) is 25.2 Å². The van der Waals surface area contributed by atoms with E-state index in [1.807, 2.05) is 38.1 Å². The van der Waals surface area contributed by atoms with Crippen molar-refractivity contribution < 1.29 is 14.3 Å². The Morgan fingerprint density at radius 1 is 1.56 bits per heavy atom. The van der Waals surface area contributed by atoms with Gasteiger partial charge in [0, 0.05) is 18.0 Å². The number of ether oxygens (including phenoxy) is 2. The van der Waals surface area contributed by atoms with Crippen molar-refractivity contribution in [2.45, 2.75) is 32.4 Å². The molecule has 4 heteroatoms. The standard InChI is InChI=1S/C14H19NO3/c1-3-17-14(16)10(2)15-12-8-9-18-13-7-5-4-6-11(12)13/h4-7,10,12,15H,3,8-9H2,1-2H3. The third kappa shape index (κ3) is 2.82. The van der Waals surface area contributed by atoms with E-state index in [4.69, 9.17) is 9.47 Å². The van der Waals surface area contributed by atoms with E-state index in [1.54, 1.807) is 0 Å². The van der Waals surface area contributed by atoms with Crippen LogP contribution in [0, 0.1) is 0 Å². The van der Waals surface area contributed by atoms with Gasteiger partial charge < -0.3 is 9.47 Å². The SMILES string of the molecule is CCOC(=O)C(C)NC1CCOc2ccccc21. The molecule has 1 aromatic rings. The molecular formula is C14H19NO3. The first-order chi connectivity index (χ1) is 8.72. The smallest absolute Gasteiger partial charge is 0.322 e. The molecule has 0 saturated carbocycles. The molecule has 4 nitrogen and oxygen atoms in total. The summed E-state index contributed by atoms with van der Waals surface area (Å²) in [7, 11) is 0. The van der Waals surface area contributed by atoms with Crippen molar-refractivity contribution in [3.8, 4) is 5.75 Å². The van der Waals surface area contributed by atoms with E-state index in [0.717, 1.165) is 17.7 Å². The first-order valence-electron chi connectivity index (χ1n) is 6.36. The zero-order valence-corrected chi connectivity index (χ0v) is 10.8. The van der Waals surface area contributed by atoms with Crippen molar-refractivity contribution in [2.75, 3.05) is 13.2 Å². The molecule has 0 bridgehead atoms. The number of esters is 1. The molecule has 2 rings (SSSR count). The summed E-state index contributed by atoms with van der Waals surface area (Å²) in [6.45, 7) is 4.73. The monoisotopic (exact) mass is 249 g/mol. The number of rotatable bonds is 4. The number of benzene rings is 1. The number of carbonyl (C=O) groups is 1. The van der Waals surface area contributed by atoms with Gasteiger partial charge in [0.05, 0.1) is 13.2 Å². The quantitative estimate of drug-likeness (QED) is 0.830. The normalized spacial score (nSPS) is 19.6. The molecule has 2 unspecified atom stereocenters. The highest BCUT2D eigenvalue weighted by atomic mass is 16.5. The zero-order chi connectivity index (χ0) is 13.0. The van der Waals surface area contributed by atoms with E-state index in [0.29, 0.717) is 13.2 Å². The molecule has 1 aliphatic heterocycles. The van der Waals surface area contributed by atoms with E-state index in [2.05, 4.69) is 5.32 Å². The third-order valence-corrected chi connectivity index (χ3v) is 3.05. The van der Waals surface area contributed by atoms with Gasteiger partial charge in [0.2, 0.25) is 0 Å². The van der Waals surface area contributed by atoms with Crippen LogP contribution < -0.4 is 10.1 Å². The van der Waals surface area contributed by atoms with E-state index >= 15 is 0 Å². The van der Waals surface area contributed by atoms with Gasteiger partial charge in [-0.2, -0.15) is 0 Å². The fourth-order valence-corrected chi connectivity index (χ4v) is 2.15. The highest BCUT2D eigenvalue weighted by molar-refractivity contribution is 5.75. The average Bonchev–Trinajstić information content (AvgIpc) is 2.39. The van der Waals surface area contributed by atoms with E-state index in [9.17, 15) is 4.79 Å². The Morgan fingerprint density at radius 3 is 3.11 bits per heavy atom. The van der Waals surface area contributed by atoms with Gasteiger partial charge in [-0.15, -0.1) is 0 Å². The summed E-state index contributed by atoms with van der Waals surface area (Å²) in [5, 5.41) is 3.31. The lowest BCUT2D eigenvalue weighted by atomic mass is 10.00. The molecule has 2 atom stereocenters. The van der Waals surface area contributed by atoms with Gasteiger partial charge in [0.1, 0.15) is 11.8 Å². The highest BCUT2D eigenvalue weighted by Gasteiger charge is 2.24. The Bertz CT molecular complexity index is 419. The molecule has 0 spiro atoms. The Hall–Kier alpha value is -1.55. The largest absolute Gasteiger partial charge is 0.493 e. The summed E-state index contributed by atoms with van der Waals surface area (Å²) >= 11 is 0. The van der Waals surface area contributed by atoms with Crippen LogP contribution in [0.25, 0.3) is 0 Å². The maximum absolute atomic E-state index is 11.6. The van der Waals surface area contributed by atoms with Gasteiger partial charge in [0.25, 0.3) is 0 Å².